The number of anilines is 4. The third-order valence-corrected chi connectivity index (χ3v) is 23.7. The Morgan fingerprint density at radius 2 is 1.01 bits per heavy atom. The summed E-state index contributed by atoms with van der Waals surface area (Å²) < 4.78 is 1.77. The van der Waals surface area contributed by atoms with E-state index in [2.05, 4.69) is 137 Å². The van der Waals surface area contributed by atoms with Crippen molar-refractivity contribution in [1.29, 1.82) is 0 Å². The van der Waals surface area contributed by atoms with Gasteiger partial charge in [-0.2, -0.15) is 15.0 Å². The molecule has 4 aliphatic heterocycles. The van der Waals surface area contributed by atoms with Gasteiger partial charge in [-0.15, -0.1) is 0 Å². The van der Waals surface area contributed by atoms with E-state index in [1.807, 2.05) is 66.6 Å². The van der Waals surface area contributed by atoms with Gasteiger partial charge in [0.25, 0.3) is 0 Å². The molecule has 4 aromatic carbocycles. The second-order valence-corrected chi connectivity index (χ2v) is 31.2. The van der Waals surface area contributed by atoms with E-state index in [1.54, 1.807) is 33.8 Å². The fraction of sp³-hybridized carbons (Fsp3) is 0.482. The lowest BCUT2D eigenvalue weighted by molar-refractivity contribution is -0.122. The number of carbonyl (C=O) groups is 6. The zero-order valence-electron chi connectivity index (χ0n) is 63.6. The van der Waals surface area contributed by atoms with Crippen molar-refractivity contribution in [2.24, 2.45) is 10.9 Å². The zero-order valence-corrected chi connectivity index (χ0v) is 63.6. The Morgan fingerprint density at radius 1 is 0.500 bits per heavy atom. The summed E-state index contributed by atoms with van der Waals surface area (Å²) in [7, 11) is 0. The van der Waals surface area contributed by atoms with Crippen LogP contribution in [0.2, 0.25) is 0 Å². The average molecular weight is 1520 g/mol. The van der Waals surface area contributed by atoms with Gasteiger partial charge < -0.3 is 82.2 Å². The number of imidazole rings is 1. The molecule has 7 fully saturated rings. The minimum atomic E-state index is -1.21. The number of pyridine rings is 1. The largest absolute Gasteiger partial charge is 0.388 e. The van der Waals surface area contributed by atoms with Gasteiger partial charge in [0.15, 0.2) is 22.8 Å². The molecular formula is C83H103N21O8. The molecule has 8 heterocycles. The number of urea groups is 4. The van der Waals surface area contributed by atoms with Crippen LogP contribution < -0.4 is 57.7 Å². The fourth-order valence-corrected chi connectivity index (χ4v) is 17.4. The van der Waals surface area contributed by atoms with Crippen molar-refractivity contribution in [2.45, 2.75) is 182 Å². The van der Waals surface area contributed by atoms with Crippen LogP contribution in [0.1, 0.15) is 155 Å². The molecular weight excluding hydrogens is 1420 g/mol. The van der Waals surface area contributed by atoms with Crippen LogP contribution in [-0.4, -0.2) is 217 Å². The molecule has 29 heteroatoms. The van der Waals surface area contributed by atoms with E-state index in [-0.39, 0.29) is 103 Å². The molecule has 3 aliphatic carbocycles. The van der Waals surface area contributed by atoms with E-state index in [0.717, 1.165) is 47.9 Å². The highest BCUT2D eigenvalue weighted by atomic mass is 16.3. The molecule has 3 saturated carbocycles. The average Bonchev–Trinajstić information content (AvgIpc) is 1.57. The minimum Gasteiger partial charge on any atom is -0.388 e. The van der Waals surface area contributed by atoms with Crippen molar-refractivity contribution in [1.82, 2.24) is 81.5 Å². The summed E-state index contributed by atoms with van der Waals surface area (Å²) >= 11 is 0. The number of hydrogen-bond donors (Lipinski definition) is 11. The molecule has 1 unspecified atom stereocenters. The predicted octanol–water partition coefficient (Wildman–Crippen LogP) is 8.44. The third kappa shape index (κ3) is 18.1. The van der Waals surface area contributed by atoms with Crippen LogP contribution in [0.5, 0.6) is 0 Å². The van der Waals surface area contributed by atoms with Crippen molar-refractivity contribution in [3.63, 3.8) is 0 Å². The van der Waals surface area contributed by atoms with E-state index in [1.165, 1.54) is 11.1 Å². The first kappa shape index (κ1) is 76.3. The smallest absolute Gasteiger partial charge is 0.340 e. The maximum Gasteiger partial charge on any atom is 0.340 e. The van der Waals surface area contributed by atoms with Crippen LogP contribution in [0.3, 0.4) is 0 Å². The highest BCUT2D eigenvalue weighted by molar-refractivity contribution is 5.88. The Morgan fingerprint density at radius 3 is 1.59 bits per heavy atom. The van der Waals surface area contributed by atoms with E-state index in [0.29, 0.717) is 157 Å². The van der Waals surface area contributed by atoms with Crippen LogP contribution in [0.4, 0.5) is 42.7 Å². The van der Waals surface area contributed by atoms with Gasteiger partial charge in [-0.25, -0.2) is 34.1 Å². The summed E-state index contributed by atoms with van der Waals surface area (Å²) in [5.41, 5.74) is 8.06. The van der Waals surface area contributed by atoms with Gasteiger partial charge in [-0.1, -0.05) is 135 Å². The maximum atomic E-state index is 13.7. The number of aliphatic imine (C=N–C) groups is 1. The molecule has 8 aromatic rings. The third-order valence-electron chi connectivity index (χ3n) is 23.7. The molecule has 15 rings (SSSR count). The topological polar surface area (TPSA) is 359 Å². The lowest BCUT2D eigenvalue weighted by Gasteiger charge is -2.32. The number of nitrogens with zero attached hydrogens (tertiary/aromatic N) is 12. The van der Waals surface area contributed by atoms with Gasteiger partial charge >= 0.3 is 24.1 Å². The van der Waals surface area contributed by atoms with Crippen molar-refractivity contribution in [3.8, 4) is 0 Å². The Bertz CT molecular complexity index is 4550. The van der Waals surface area contributed by atoms with Crippen molar-refractivity contribution in [2.75, 3.05) is 85.9 Å². The number of rotatable bonds is 24. The van der Waals surface area contributed by atoms with Gasteiger partial charge in [-0.3, -0.25) is 14.6 Å². The van der Waals surface area contributed by atoms with Crippen LogP contribution in [0.15, 0.2) is 145 Å². The number of likely N-dealkylation sites (tertiary alicyclic amines) is 2. The first-order valence-corrected chi connectivity index (χ1v) is 40.2. The second-order valence-electron chi connectivity index (χ2n) is 31.2. The molecule has 0 bridgehead atoms. The Balaban J connectivity index is 0.496. The molecule has 112 heavy (non-hydrogen) atoms. The van der Waals surface area contributed by atoms with Crippen molar-refractivity contribution in [3.05, 3.63) is 168 Å². The molecule has 7 aliphatic rings. The quantitative estimate of drug-likeness (QED) is 0.0253. The Labute approximate surface area is 651 Å². The summed E-state index contributed by atoms with van der Waals surface area (Å²) in [6.07, 6.45) is 11.9. The maximum absolute atomic E-state index is 13.7. The first-order valence-electron chi connectivity index (χ1n) is 40.2. The number of amides is 10. The number of aliphatic hydroxyl groups excluding tert-OH is 2. The second kappa shape index (κ2) is 35.1. The number of aromatic nitrogens is 7. The van der Waals surface area contributed by atoms with Crippen molar-refractivity contribution >= 4 is 87.9 Å². The van der Waals surface area contributed by atoms with Gasteiger partial charge in [-0.05, 0) is 117 Å². The number of nitrogens with one attached hydrogen (secondary N) is 9. The van der Waals surface area contributed by atoms with Crippen LogP contribution in [0, 0.1) is 5.92 Å². The number of carbonyl (C=O) groups excluding carboxylic acids is 6. The SMILES string of the molecule is CCC(=O)N[C@@H]1CC[C@H](c2cnc3c(NCC(c4ccccc4)c4ccccc4)nc(N4CCC(C=NC(=O)N[C@@H]5CCN(C(=O)NC6CCC(NC(=O)N7CC[C@H](NC(=O)N[C@@H]8CCN(c9nc(NCC(c%10ccccc%10)c%10ccccc%10)c%10ncn([C@H]%11C[C@@H](NC(=O)CC)[C@@H](O)[C@H]%11O)c%10n9)C8)C7)CC6)C5)C4)nc3c2)C1. The highest BCUT2D eigenvalue weighted by Gasteiger charge is 2.45. The molecule has 588 valence electrons. The number of benzene rings is 4. The van der Waals surface area contributed by atoms with Crippen LogP contribution >= 0.6 is 0 Å². The number of fused-ring (bicyclic) bond motifs is 2. The first-order chi connectivity index (χ1) is 54.6. The molecule has 0 radical (unpaired) electrons. The predicted molar refractivity (Wildman–Crippen MR) is 428 cm³/mol. The highest BCUT2D eigenvalue weighted by Crippen LogP contribution is 2.39. The Hall–Kier alpha value is -11.1. The number of hydrogen-bond acceptors (Lipinski definition) is 18. The molecule has 11 N–H and O–H groups in total. The van der Waals surface area contributed by atoms with Gasteiger partial charge in [0.05, 0.1) is 23.9 Å². The normalized spacial score (nSPS) is 24.5. The summed E-state index contributed by atoms with van der Waals surface area (Å²) in [5, 5.41) is 51.6. The molecule has 4 aromatic heterocycles. The lowest BCUT2D eigenvalue weighted by atomic mass is 9.91. The summed E-state index contributed by atoms with van der Waals surface area (Å²) in [4.78, 5) is 121. The van der Waals surface area contributed by atoms with Gasteiger partial charge in [0.2, 0.25) is 23.7 Å². The van der Waals surface area contributed by atoms with Crippen LogP contribution in [-0.2, 0) is 9.59 Å². The van der Waals surface area contributed by atoms with Gasteiger partial charge in [0.1, 0.15) is 17.7 Å². The zero-order chi connectivity index (χ0) is 77.2. The van der Waals surface area contributed by atoms with Gasteiger partial charge in [0, 0.05) is 145 Å². The fourth-order valence-electron chi connectivity index (χ4n) is 17.4. The lowest BCUT2D eigenvalue weighted by Crippen LogP contribution is -2.51. The molecule has 10 amide bonds. The van der Waals surface area contributed by atoms with E-state index >= 15 is 0 Å². The van der Waals surface area contributed by atoms with E-state index in [4.69, 9.17) is 29.9 Å². The molecule has 10 atom stereocenters. The van der Waals surface area contributed by atoms with Crippen molar-refractivity contribution < 1.29 is 39.0 Å². The molecule has 29 nitrogen and oxygen atoms in total. The van der Waals surface area contributed by atoms with E-state index in [9.17, 15) is 39.0 Å². The summed E-state index contributed by atoms with van der Waals surface area (Å²) in [5.74, 6) is 2.17. The Kier molecular flexibility index (Phi) is 23.9. The minimum absolute atomic E-state index is 0.0298. The van der Waals surface area contributed by atoms with E-state index < -0.39 is 30.3 Å². The summed E-state index contributed by atoms with van der Waals surface area (Å²) in [6, 6.07) is 40.3. The monoisotopic (exact) mass is 1520 g/mol. The van der Waals surface area contributed by atoms with Crippen LogP contribution in [0.25, 0.3) is 22.2 Å². The molecule has 0 spiro atoms. The summed E-state index contributed by atoms with van der Waals surface area (Å²) in [6.45, 7) is 8.53. The number of aliphatic hydroxyl groups is 2. The molecule has 4 saturated heterocycles. The standard InChI is InChI=1S/C83H103N21O8/c1-3-69(105)89-60-26-25-56(39-60)57-40-66-71(84-43-57)75(85-44-64(52-17-9-5-10-18-52)53-19-11-6-12-20-53)97-78(96-66)100-35-31-51(46-100)42-87-80(109)90-62-33-37-102(48-62)82(111)93-58-27-29-59(30-28-58)94-83(112)103-38-34-63(49-103)92-81(110)91-61-32-36-101(47-61)79-98-76(86-45-65(54-21-13-7-14-22-54)55-23-15-8-16-24-55)72-77(99-79)104(50-88-72)68-41-67(73(107)74(68)108)95-70(106)4-2/h5-24,40,42-43,50-51,56,58-65,67-68,73-74,107-108H,3-4,25-39,41,44-49H2,1-2H3,(H,89,105)(H,90,109)(H,93,111)(H,94,112)(H,95,106)(H,85,96,97)(H,86,98,99)(H2,91,92,110)/t51?,56-,58?,59?,60+,61+,62+,63-,67+,68-,73+,74-/m0/s1.